The first-order valence-corrected chi connectivity index (χ1v) is 15.1. The van der Waals surface area contributed by atoms with Gasteiger partial charge in [-0.25, -0.2) is 10.2 Å². The number of benzene rings is 2. The van der Waals surface area contributed by atoms with E-state index in [1.807, 2.05) is 25.1 Å². The van der Waals surface area contributed by atoms with Gasteiger partial charge in [0, 0.05) is 9.90 Å². The van der Waals surface area contributed by atoms with Gasteiger partial charge in [0.1, 0.15) is 11.6 Å². The van der Waals surface area contributed by atoms with Crippen LogP contribution in [0.15, 0.2) is 46.0 Å². The van der Waals surface area contributed by atoms with Crippen molar-refractivity contribution in [3.63, 3.8) is 0 Å². The number of anilines is 1. The Morgan fingerprint density at radius 2 is 1.88 bits per heavy atom. The largest absolute Gasteiger partial charge is 0.490 e. The molecule has 0 unspecified atom stereocenters. The number of hydrazone groups is 1. The summed E-state index contributed by atoms with van der Waals surface area (Å²) >= 11 is 10.9. The first kappa shape index (κ1) is 30.5. The first-order valence-electron chi connectivity index (χ1n) is 13.1. The molecule has 2 aromatic carbocycles. The molecule has 1 aliphatic carbocycles. The first-order chi connectivity index (χ1) is 19.8. The van der Waals surface area contributed by atoms with E-state index >= 15 is 0 Å². The molecule has 9 nitrogen and oxygen atoms in total. The smallest absolute Gasteiger partial charge is 0.341 e. The monoisotopic (exact) mass is 661 g/mol. The van der Waals surface area contributed by atoms with Crippen LogP contribution in [0.3, 0.4) is 0 Å². The van der Waals surface area contributed by atoms with Gasteiger partial charge in [0.15, 0.2) is 11.5 Å². The Bertz CT molecular complexity index is 1470. The Morgan fingerprint density at radius 1 is 1.07 bits per heavy atom. The molecule has 216 valence electrons. The summed E-state index contributed by atoms with van der Waals surface area (Å²) in [5.74, 6) is -1.44. The Balaban J connectivity index is 1.42. The third-order valence-corrected chi connectivity index (χ3v) is 8.10. The van der Waals surface area contributed by atoms with E-state index in [0.717, 1.165) is 41.7 Å². The van der Waals surface area contributed by atoms with E-state index in [2.05, 4.69) is 31.8 Å². The predicted molar refractivity (Wildman–Crippen MR) is 162 cm³/mol. The zero-order valence-electron chi connectivity index (χ0n) is 22.6. The lowest BCUT2D eigenvalue weighted by atomic mass is 9.95. The minimum atomic E-state index is -0.979. The fourth-order valence-electron chi connectivity index (χ4n) is 4.30. The highest BCUT2D eigenvalue weighted by molar-refractivity contribution is 9.10. The predicted octanol–water partition coefficient (Wildman–Crippen LogP) is 6.29. The Morgan fingerprint density at radius 3 is 2.63 bits per heavy atom. The average molecular weight is 663 g/mol. The molecule has 4 rings (SSSR count). The maximum atomic E-state index is 12.7. The van der Waals surface area contributed by atoms with Crippen LogP contribution in [0.5, 0.6) is 11.5 Å². The lowest BCUT2D eigenvalue weighted by Gasteiger charge is -2.15. The van der Waals surface area contributed by atoms with Gasteiger partial charge in [-0.1, -0.05) is 23.7 Å². The molecule has 1 aromatic heterocycles. The lowest BCUT2D eigenvalue weighted by molar-refractivity contribution is -0.136. The quantitative estimate of drug-likeness (QED) is 0.114. The van der Waals surface area contributed by atoms with E-state index in [1.54, 1.807) is 25.1 Å². The summed E-state index contributed by atoms with van der Waals surface area (Å²) in [4.78, 5) is 38.8. The molecule has 0 saturated heterocycles. The topological polar surface area (TPSA) is 115 Å². The van der Waals surface area contributed by atoms with Crippen LogP contribution < -0.4 is 20.2 Å². The zero-order valence-corrected chi connectivity index (χ0v) is 25.7. The van der Waals surface area contributed by atoms with Crippen molar-refractivity contribution in [2.75, 3.05) is 18.5 Å². The number of nitrogens with one attached hydrogen (secondary N) is 2. The van der Waals surface area contributed by atoms with Crippen LogP contribution in [0.1, 0.15) is 58.6 Å². The molecule has 1 aliphatic rings. The second kappa shape index (κ2) is 14.5. The van der Waals surface area contributed by atoms with Crippen LogP contribution in [0, 0.1) is 0 Å². The second-order valence-corrected chi connectivity index (χ2v) is 11.4. The maximum absolute atomic E-state index is 12.7. The van der Waals surface area contributed by atoms with Crippen molar-refractivity contribution in [1.29, 1.82) is 0 Å². The van der Waals surface area contributed by atoms with E-state index < -0.39 is 17.8 Å². The summed E-state index contributed by atoms with van der Waals surface area (Å²) in [6.45, 7) is 4.46. The Hall–Kier alpha value is -3.41. The Kier molecular flexibility index (Phi) is 10.8. The highest BCUT2D eigenvalue weighted by atomic mass is 79.9. The van der Waals surface area contributed by atoms with Crippen molar-refractivity contribution in [1.82, 2.24) is 5.43 Å². The molecule has 2 amide bonds. The van der Waals surface area contributed by atoms with E-state index in [9.17, 15) is 14.4 Å². The van der Waals surface area contributed by atoms with Gasteiger partial charge in [-0.2, -0.15) is 5.10 Å². The normalized spacial score (nSPS) is 12.5. The van der Waals surface area contributed by atoms with Crippen molar-refractivity contribution in [2.24, 2.45) is 5.10 Å². The molecule has 0 spiro atoms. The van der Waals surface area contributed by atoms with Gasteiger partial charge >= 0.3 is 17.8 Å². The number of amides is 2. The van der Waals surface area contributed by atoms with Crippen molar-refractivity contribution >= 4 is 67.9 Å². The van der Waals surface area contributed by atoms with Crippen molar-refractivity contribution in [2.45, 2.75) is 46.1 Å². The highest BCUT2D eigenvalue weighted by Crippen LogP contribution is 2.39. The minimum absolute atomic E-state index is 0.210. The van der Waals surface area contributed by atoms with E-state index in [1.165, 1.54) is 17.6 Å². The average Bonchev–Trinajstić information content (AvgIpc) is 3.30. The number of carbonyl (C=O) groups excluding carboxylic acids is 3. The number of halogens is 2. The summed E-state index contributed by atoms with van der Waals surface area (Å²) in [5, 5.41) is 7.43. The van der Waals surface area contributed by atoms with Crippen molar-refractivity contribution in [3.8, 4) is 11.5 Å². The van der Waals surface area contributed by atoms with Crippen LogP contribution >= 0.6 is 38.9 Å². The molecule has 3 aromatic rings. The van der Waals surface area contributed by atoms with Gasteiger partial charge in [-0.05, 0) is 96.4 Å². The molecule has 0 radical (unpaired) electrons. The molecule has 2 N–H and O–H groups in total. The van der Waals surface area contributed by atoms with E-state index in [4.69, 9.17) is 25.8 Å². The van der Waals surface area contributed by atoms with Gasteiger partial charge < -0.3 is 19.5 Å². The second-order valence-electron chi connectivity index (χ2n) is 8.97. The van der Waals surface area contributed by atoms with Crippen molar-refractivity contribution in [3.05, 3.63) is 73.0 Å². The van der Waals surface area contributed by atoms with Crippen LogP contribution in [0.4, 0.5) is 5.00 Å². The number of esters is 1. The molecular formula is C29H29BrClN3O6S. The number of hydrogen-bond donors (Lipinski definition) is 2. The van der Waals surface area contributed by atoms with Crippen LogP contribution in [-0.4, -0.2) is 37.2 Å². The SMILES string of the molecule is CCOC(=O)c1c(NC(=O)C(=O)N/N=C/c2cc(Br)c(OCc3cccc(Cl)c3)c(OCC)c2)sc2c1CCCC2. The number of hydrogen-bond acceptors (Lipinski definition) is 8. The van der Waals surface area contributed by atoms with Gasteiger partial charge in [0.2, 0.25) is 0 Å². The fourth-order valence-corrected chi connectivity index (χ4v) is 6.36. The van der Waals surface area contributed by atoms with Crippen molar-refractivity contribution < 1.29 is 28.6 Å². The van der Waals surface area contributed by atoms with Gasteiger partial charge in [-0.15, -0.1) is 11.3 Å². The van der Waals surface area contributed by atoms with Crippen LogP contribution in [-0.2, 0) is 33.8 Å². The standard InChI is InChI=1S/C29H29BrClN3O6S/c1-3-38-22-14-18(13-21(30)25(22)40-16-17-8-7-9-19(31)12-17)15-32-34-27(36)26(35)33-28-24(29(37)39-4-2)20-10-5-6-11-23(20)41-28/h7-9,12-15H,3-6,10-11,16H2,1-2H3,(H,33,35)(H,34,36)/b32-15+. The van der Waals surface area contributed by atoms with Crippen LogP contribution in [0.25, 0.3) is 0 Å². The summed E-state index contributed by atoms with van der Waals surface area (Å²) in [6.07, 6.45) is 4.90. The van der Waals surface area contributed by atoms with E-state index in [0.29, 0.717) is 43.7 Å². The molecule has 0 bridgehead atoms. The summed E-state index contributed by atoms with van der Waals surface area (Å²) in [5.41, 5.74) is 4.95. The molecule has 12 heteroatoms. The van der Waals surface area contributed by atoms with Crippen LogP contribution in [0.2, 0.25) is 5.02 Å². The number of carbonyl (C=O) groups is 3. The number of nitrogens with zero attached hydrogens (tertiary/aromatic N) is 1. The molecule has 0 fully saturated rings. The molecular weight excluding hydrogens is 634 g/mol. The molecule has 0 aliphatic heterocycles. The summed E-state index contributed by atoms with van der Waals surface area (Å²) in [6, 6.07) is 10.8. The third kappa shape index (κ3) is 7.87. The molecule has 0 saturated carbocycles. The molecule has 1 heterocycles. The van der Waals surface area contributed by atoms with E-state index in [-0.39, 0.29) is 13.2 Å². The zero-order chi connectivity index (χ0) is 29.4. The Labute approximate surface area is 255 Å². The summed E-state index contributed by atoms with van der Waals surface area (Å²) in [7, 11) is 0. The molecule has 0 atom stereocenters. The molecule has 41 heavy (non-hydrogen) atoms. The van der Waals surface area contributed by atoms with Gasteiger partial charge in [-0.3, -0.25) is 9.59 Å². The fraction of sp³-hybridized carbons (Fsp3) is 0.310. The number of rotatable bonds is 10. The number of thiophene rings is 1. The van der Waals surface area contributed by atoms with Gasteiger partial charge in [0.25, 0.3) is 0 Å². The van der Waals surface area contributed by atoms with Gasteiger partial charge in [0.05, 0.1) is 29.5 Å². The highest BCUT2D eigenvalue weighted by Gasteiger charge is 2.28. The number of aryl methyl sites for hydroxylation is 1. The number of ether oxygens (including phenoxy) is 3. The minimum Gasteiger partial charge on any atom is -0.490 e. The lowest BCUT2D eigenvalue weighted by Crippen LogP contribution is -2.32. The maximum Gasteiger partial charge on any atom is 0.341 e. The third-order valence-electron chi connectivity index (χ3n) is 6.07. The number of fused-ring (bicyclic) bond motifs is 1. The summed E-state index contributed by atoms with van der Waals surface area (Å²) < 4.78 is 17.6.